The average molecular weight is 240 g/mol. The molecule has 4 N–H and O–H groups in total. The van der Waals surface area contributed by atoms with Crippen LogP contribution in [0.2, 0.25) is 5.02 Å². The second-order valence-corrected chi connectivity index (χ2v) is 3.92. The SMILES string of the molecule is NC(CC(=O)O)c1nc2cc(Cl)ccc2[nH]1. The maximum atomic E-state index is 10.5. The Morgan fingerprint density at radius 3 is 3.06 bits per heavy atom. The number of imidazole rings is 1. The molecule has 0 amide bonds. The van der Waals surface area contributed by atoms with Crippen LogP contribution in [0, 0.1) is 0 Å². The lowest BCUT2D eigenvalue weighted by Crippen LogP contribution is -2.16. The highest BCUT2D eigenvalue weighted by atomic mass is 35.5. The molecule has 0 fully saturated rings. The fourth-order valence-corrected chi connectivity index (χ4v) is 1.63. The summed E-state index contributed by atoms with van der Waals surface area (Å²) in [7, 11) is 0. The van der Waals surface area contributed by atoms with Gasteiger partial charge in [-0.25, -0.2) is 4.98 Å². The van der Waals surface area contributed by atoms with Crippen LogP contribution in [0.3, 0.4) is 0 Å². The zero-order valence-corrected chi connectivity index (χ0v) is 9.03. The van der Waals surface area contributed by atoms with Crippen molar-refractivity contribution in [1.29, 1.82) is 0 Å². The first-order valence-corrected chi connectivity index (χ1v) is 5.06. The molecule has 0 saturated heterocycles. The summed E-state index contributed by atoms with van der Waals surface area (Å²) in [5.41, 5.74) is 7.17. The van der Waals surface area contributed by atoms with E-state index in [9.17, 15) is 4.79 Å². The molecular weight excluding hydrogens is 230 g/mol. The topological polar surface area (TPSA) is 92.0 Å². The predicted molar refractivity (Wildman–Crippen MR) is 60.3 cm³/mol. The van der Waals surface area contributed by atoms with Crippen molar-refractivity contribution in [3.05, 3.63) is 29.0 Å². The quantitative estimate of drug-likeness (QED) is 0.760. The number of carbonyl (C=O) groups is 1. The summed E-state index contributed by atoms with van der Waals surface area (Å²) in [5.74, 6) is -0.495. The first-order valence-electron chi connectivity index (χ1n) is 4.69. The first-order chi connectivity index (χ1) is 7.56. The lowest BCUT2D eigenvalue weighted by Gasteiger charge is -2.03. The molecule has 0 spiro atoms. The molecule has 1 atom stereocenters. The summed E-state index contributed by atoms with van der Waals surface area (Å²) in [4.78, 5) is 17.7. The molecule has 5 nitrogen and oxygen atoms in total. The fraction of sp³-hybridized carbons (Fsp3) is 0.200. The summed E-state index contributed by atoms with van der Waals surface area (Å²) >= 11 is 5.81. The average Bonchev–Trinajstić information content (AvgIpc) is 2.59. The smallest absolute Gasteiger partial charge is 0.305 e. The summed E-state index contributed by atoms with van der Waals surface area (Å²) < 4.78 is 0. The van der Waals surface area contributed by atoms with Crippen molar-refractivity contribution < 1.29 is 9.90 Å². The Bertz CT molecular complexity index is 538. The maximum absolute atomic E-state index is 10.5. The number of aromatic nitrogens is 2. The van der Waals surface area contributed by atoms with Crippen LogP contribution >= 0.6 is 11.6 Å². The molecule has 1 aromatic heterocycles. The number of hydrogen-bond acceptors (Lipinski definition) is 3. The second kappa shape index (κ2) is 4.11. The van der Waals surface area contributed by atoms with Gasteiger partial charge in [-0.05, 0) is 18.2 Å². The molecular formula is C10H10ClN3O2. The number of carboxylic acid groups (broad SMARTS) is 1. The van der Waals surface area contributed by atoms with Crippen LogP contribution in [0.15, 0.2) is 18.2 Å². The molecule has 1 aromatic carbocycles. The Morgan fingerprint density at radius 2 is 2.38 bits per heavy atom. The molecule has 0 aliphatic heterocycles. The van der Waals surface area contributed by atoms with Gasteiger partial charge in [0.15, 0.2) is 0 Å². The molecule has 16 heavy (non-hydrogen) atoms. The van der Waals surface area contributed by atoms with Crippen molar-refractivity contribution in [2.24, 2.45) is 5.73 Å². The van der Waals surface area contributed by atoms with Crippen molar-refractivity contribution in [2.75, 3.05) is 0 Å². The normalized spacial score (nSPS) is 12.9. The lowest BCUT2D eigenvalue weighted by atomic mass is 10.2. The summed E-state index contributed by atoms with van der Waals surface area (Å²) in [6.45, 7) is 0. The van der Waals surface area contributed by atoms with Gasteiger partial charge in [-0.15, -0.1) is 0 Å². The molecule has 0 aliphatic rings. The van der Waals surface area contributed by atoms with E-state index in [2.05, 4.69) is 9.97 Å². The van der Waals surface area contributed by atoms with Crippen LogP contribution in [-0.4, -0.2) is 21.0 Å². The highest BCUT2D eigenvalue weighted by Gasteiger charge is 2.14. The molecule has 0 radical (unpaired) electrons. The van der Waals surface area contributed by atoms with Crippen LogP contribution in [0.5, 0.6) is 0 Å². The van der Waals surface area contributed by atoms with E-state index in [1.807, 2.05) is 0 Å². The van der Waals surface area contributed by atoms with Gasteiger partial charge in [-0.3, -0.25) is 4.79 Å². The monoisotopic (exact) mass is 239 g/mol. The summed E-state index contributed by atoms with van der Waals surface area (Å²) in [6.07, 6.45) is -0.159. The number of H-pyrrole nitrogens is 1. The number of halogens is 1. The molecule has 0 bridgehead atoms. The molecule has 0 aliphatic carbocycles. The van der Waals surface area contributed by atoms with E-state index in [0.29, 0.717) is 16.4 Å². The molecule has 84 valence electrons. The minimum Gasteiger partial charge on any atom is -0.481 e. The first kappa shape index (κ1) is 10.9. The number of fused-ring (bicyclic) bond motifs is 1. The number of nitrogens with two attached hydrogens (primary N) is 1. The number of carboxylic acids is 1. The molecule has 0 saturated carbocycles. The summed E-state index contributed by atoms with van der Waals surface area (Å²) in [5, 5.41) is 9.20. The minimum atomic E-state index is -0.953. The standard InChI is InChI=1S/C10H10ClN3O2/c11-5-1-2-7-8(3-5)14-10(13-7)6(12)4-9(15)16/h1-3,6H,4,12H2,(H,13,14)(H,15,16). The highest BCUT2D eigenvalue weighted by molar-refractivity contribution is 6.31. The van der Waals surface area contributed by atoms with E-state index < -0.39 is 12.0 Å². The summed E-state index contributed by atoms with van der Waals surface area (Å²) in [6, 6.07) is 4.57. The van der Waals surface area contributed by atoms with Gasteiger partial charge in [0, 0.05) is 5.02 Å². The van der Waals surface area contributed by atoms with Crippen molar-refractivity contribution in [1.82, 2.24) is 9.97 Å². The van der Waals surface area contributed by atoms with Crippen molar-refractivity contribution in [3.63, 3.8) is 0 Å². The fourth-order valence-electron chi connectivity index (χ4n) is 1.46. The van der Waals surface area contributed by atoms with Crippen LogP contribution in [-0.2, 0) is 4.79 Å². The number of aromatic amines is 1. The van der Waals surface area contributed by atoms with E-state index >= 15 is 0 Å². The third-order valence-corrected chi connectivity index (χ3v) is 2.44. The predicted octanol–water partition coefficient (Wildman–Crippen LogP) is 1.69. The highest BCUT2D eigenvalue weighted by Crippen LogP contribution is 2.20. The van der Waals surface area contributed by atoms with Crippen LogP contribution in [0.25, 0.3) is 11.0 Å². The van der Waals surface area contributed by atoms with Gasteiger partial charge < -0.3 is 15.8 Å². The number of nitrogens with zero attached hydrogens (tertiary/aromatic N) is 1. The van der Waals surface area contributed by atoms with E-state index in [1.54, 1.807) is 18.2 Å². The van der Waals surface area contributed by atoms with Crippen molar-refractivity contribution in [3.8, 4) is 0 Å². The number of benzene rings is 1. The van der Waals surface area contributed by atoms with Crippen LogP contribution < -0.4 is 5.73 Å². The van der Waals surface area contributed by atoms with E-state index in [4.69, 9.17) is 22.4 Å². The third-order valence-electron chi connectivity index (χ3n) is 2.21. The second-order valence-electron chi connectivity index (χ2n) is 3.49. The molecule has 1 heterocycles. The van der Waals surface area contributed by atoms with Gasteiger partial charge in [-0.1, -0.05) is 11.6 Å². The van der Waals surface area contributed by atoms with E-state index in [-0.39, 0.29) is 6.42 Å². The Hall–Kier alpha value is -1.59. The molecule has 2 aromatic rings. The van der Waals surface area contributed by atoms with Crippen LogP contribution in [0.4, 0.5) is 0 Å². The Labute approximate surface area is 96.2 Å². The number of nitrogens with one attached hydrogen (secondary N) is 1. The Kier molecular flexibility index (Phi) is 2.80. The largest absolute Gasteiger partial charge is 0.481 e. The maximum Gasteiger partial charge on any atom is 0.305 e. The molecule has 1 unspecified atom stereocenters. The van der Waals surface area contributed by atoms with Gasteiger partial charge in [0.1, 0.15) is 5.82 Å². The van der Waals surface area contributed by atoms with E-state index in [0.717, 1.165) is 5.52 Å². The van der Waals surface area contributed by atoms with Crippen LogP contribution in [0.1, 0.15) is 18.3 Å². The number of hydrogen-bond donors (Lipinski definition) is 3. The van der Waals surface area contributed by atoms with Crippen molar-refractivity contribution >= 4 is 28.6 Å². The lowest BCUT2D eigenvalue weighted by molar-refractivity contribution is -0.137. The Morgan fingerprint density at radius 1 is 1.62 bits per heavy atom. The zero-order chi connectivity index (χ0) is 11.7. The van der Waals surface area contributed by atoms with Gasteiger partial charge in [-0.2, -0.15) is 0 Å². The number of rotatable bonds is 3. The van der Waals surface area contributed by atoms with Gasteiger partial charge in [0.2, 0.25) is 0 Å². The van der Waals surface area contributed by atoms with E-state index in [1.165, 1.54) is 0 Å². The van der Waals surface area contributed by atoms with Crippen molar-refractivity contribution in [2.45, 2.75) is 12.5 Å². The van der Waals surface area contributed by atoms with Gasteiger partial charge in [0.05, 0.1) is 23.5 Å². The third kappa shape index (κ3) is 2.15. The zero-order valence-electron chi connectivity index (χ0n) is 8.27. The number of aliphatic carboxylic acids is 1. The molecule has 2 rings (SSSR count). The van der Waals surface area contributed by atoms with Gasteiger partial charge >= 0.3 is 5.97 Å². The minimum absolute atomic E-state index is 0.159. The van der Waals surface area contributed by atoms with Gasteiger partial charge in [0.25, 0.3) is 0 Å². The Balaban J connectivity index is 2.35. The molecule has 6 heteroatoms.